The molecule has 132 valence electrons. The molecular formula is C17H11N7OS2. The van der Waals surface area contributed by atoms with Crippen molar-refractivity contribution in [3.8, 4) is 16.4 Å². The molecule has 0 aliphatic rings. The molecule has 0 saturated carbocycles. The smallest absolute Gasteiger partial charge is 0.262 e. The van der Waals surface area contributed by atoms with Gasteiger partial charge in [0.1, 0.15) is 5.39 Å². The minimum Gasteiger partial charge on any atom is -0.300 e. The van der Waals surface area contributed by atoms with Gasteiger partial charge >= 0.3 is 0 Å². The Hall–Kier alpha value is -3.24. The number of hydrogen-bond donors (Lipinski definition) is 2. The molecule has 0 atom stereocenters. The molecule has 2 N–H and O–H groups in total. The van der Waals surface area contributed by atoms with Crippen LogP contribution in [0.25, 0.3) is 27.4 Å². The highest BCUT2D eigenvalue weighted by Crippen LogP contribution is 2.26. The van der Waals surface area contributed by atoms with Gasteiger partial charge in [-0.25, -0.2) is 14.6 Å². The third kappa shape index (κ3) is 2.94. The average Bonchev–Trinajstić information content (AvgIpc) is 3.43. The maximum absolute atomic E-state index is 12.4. The van der Waals surface area contributed by atoms with E-state index in [0.29, 0.717) is 27.2 Å². The topological polar surface area (TPSA) is 105 Å². The van der Waals surface area contributed by atoms with Crippen LogP contribution in [0.4, 0.5) is 0 Å². The predicted molar refractivity (Wildman–Crippen MR) is 103 cm³/mol. The second-order valence-corrected chi connectivity index (χ2v) is 7.45. The lowest BCUT2D eigenvalue weighted by Gasteiger charge is -2.03. The van der Waals surface area contributed by atoms with Gasteiger partial charge in [0, 0.05) is 0 Å². The molecule has 4 aromatic heterocycles. The molecule has 10 heteroatoms. The fourth-order valence-electron chi connectivity index (χ4n) is 2.61. The summed E-state index contributed by atoms with van der Waals surface area (Å²) in [5.74, 6) is 0.685. The fourth-order valence-corrected chi connectivity index (χ4v) is 3.95. The van der Waals surface area contributed by atoms with Gasteiger partial charge in [-0.15, -0.1) is 16.4 Å². The molecule has 0 bridgehead atoms. The molecule has 0 unspecified atom stereocenters. The van der Waals surface area contributed by atoms with Gasteiger partial charge < -0.3 is 4.98 Å². The summed E-state index contributed by atoms with van der Waals surface area (Å²) >= 11 is 2.76. The van der Waals surface area contributed by atoms with Gasteiger partial charge in [-0.1, -0.05) is 24.3 Å². The van der Waals surface area contributed by atoms with E-state index in [1.807, 2.05) is 47.8 Å². The van der Waals surface area contributed by atoms with Crippen LogP contribution in [-0.2, 0) is 0 Å². The van der Waals surface area contributed by atoms with Crippen LogP contribution in [-0.4, -0.2) is 34.9 Å². The van der Waals surface area contributed by atoms with Gasteiger partial charge in [0.25, 0.3) is 5.56 Å². The van der Waals surface area contributed by atoms with Crippen LogP contribution in [0.3, 0.4) is 0 Å². The summed E-state index contributed by atoms with van der Waals surface area (Å²) < 4.78 is 1.64. The molecule has 0 aliphatic carbocycles. The number of benzene rings is 1. The normalized spacial score (nSPS) is 11.3. The van der Waals surface area contributed by atoms with E-state index in [2.05, 4.69) is 30.2 Å². The van der Waals surface area contributed by atoms with Crippen LogP contribution in [0.15, 0.2) is 69.1 Å². The molecule has 0 saturated heterocycles. The Morgan fingerprint density at radius 1 is 1.07 bits per heavy atom. The largest absolute Gasteiger partial charge is 0.300 e. The van der Waals surface area contributed by atoms with E-state index < -0.39 is 0 Å². The molecule has 27 heavy (non-hydrogen) atoms. The van der Waals surface area contributed by atoms with E-state index in [-0.39, 0.29) is 5.56 Å². The number of thiophene rings is 1. The highest BCUT2D eigenvalue weighted by molar-refractivity contribution is 7.99. The van der Waals surface area contributed by atoms with E-state index in [0.717, 1.165) is 10.6 Å². The lowest BCUT2D eigenvalue weighted by atomic mass is 10.3. The summed E-state index contributed by atoms with van der Waals surface area (Å²) in [5.41, 5.74) is 1.07. The van der Waals surface area contributed by atoms with E-state index >= 15 is 0 Å². The number of nitrogens with one attached hydrogen (secondary N) is 2. The van der Waals surface area contributed by atoms with Gasteiger partial charge in [-0.05, 0) is 35.3 Å². The van der Waals surface area contributed by atoms with Crippen LogP contribution in [0, 0.1) is 0 Å². The molecule has 0 radical (unpaired) electrons. The maximum Gasteiger partial charge on any atom is 0.262 e. The van der Waals surface area contributed by atoms with Crippen molar-refractivity contribution in [1.82, 2.24) is 34.9 Å². The summed E-state index contributed by atoms with van der Waals surface area (Å²) in [6.07, 6.45) is 1.52. The van der Waals surface area contributed by atoms with Crippen molar-refractivity contribution in [3.63, 3.8) is 0 Å². The van der Waals surface area contributed by atoms with Gasteiger partial charge in [0.15, 0.2) is 16.6 Å². The van der Waals surface area contributed by atoms with E-state index in [1.165, 1.54) is 18.0 Å². The van der Waals surface area contributed by atoms with E-state index in [9.17, 15) is 4.79 Å². The number of H-pyrrole nitrogens is 2. The Bertz CT molecular complexity index is 1270. The Morgan fingerprint density at radius 3 is 2.78 bits per heavy atom. The first kappa shape index (κ1) is 16.0. The van der Waals surface area contributed by atoms with E-state index in [1.54, 1.807) is 16.0 Å². The first-order valence-corrected chi connectivity index (χ1v) is 9.65. The molecule has 0 spiro atoms. The Labute approximate surface area is 160 Å². The number of aromatic amines is 2. The van der Waals surface area contributed by atoms with Crippen molar-refractivity contribution in [2.24, 2.45) is 0 Å². The zero-order valence-electron chi connectivity index (χ0n) is 13.7. The zero-order chi connectivity index (χ0) is 18.2. The summed E-state index contributed by atoms with van der Waals surface area (Å²) in [6, 6.07) is 13.5. The molecular weight excluding hydrogens is 382 g/mol. The molecule has 5 aromatic rings. The van der Waals surface area contributed by atoms with Crippen molar-refractivity contribution in [2.75, 3.05) is 0 Å². The molecule has 0 fully saturated rings. The second-order valence-electron chi connectivity index (χ2n) is 5.55. The number of hydrogen-bond acceptors (Lipinski definition) is 7. The van der Waals surface area contributed by atoms with Gasteiger partial charge in [0.2, 0.25) is 5.16 Å². The fraction of sp³-hybridized carbons (Fsp3) is 0. The number of para-hydroxylation sites is 1. The minimum atomic E-state index is -0.251. The Kier molecular flexibility index (Phi) is 3.84. The van der Waals surface area contributed by atoms with Gasteiger partial charge in [-0.3, -0.25) is 9.89 Å². The Balaban J connectivity index is 1.53. The van der Waals surface area contributed by atoms with Crippen molar-refractivity contribution in [3.05, 3.63) is 64.4 Å². The highest BCUT2D eigenvalue weighted by atomic mass is 32.2. The van der Waals surface area contributed by atoms with Crippen molar-refractivity contribution in [2.45, 2.75) is 10.3 Å². The third-order valence-electron chi connectivity index (χ3n) is 3.82. The lowest BCUT2D eigenvalue weighted by Crippen LogP contribution is -2.09. The first-order valence-electron chi connectivity index (χ1n) is 7.95. The van der Waals surface area contributed by atoms with Crippen LogP contribution < -0.4 is 5.56 Å². The van der Waals surface area contributed by atoms with Crippen molar-refractivity contribution >= 4 is 34.1 Å². The Morgan fingerprint density at radius 2 is 1.96 bits per heavy atom. The summed E-state index contributed by atoms with van der Waals surface area (Å²) in [7, 11) is 0. The maximum atomic E-state index is 12.4. The van der Waals surface area contributed by atoms with Gasteiger partial charge in [0.05, 0.1) is 16.8 Å². The van der Waals surface area contributed by atoms with Crippen LogP contribution in [0.5, 0.6) is 0 Å². The third-order valence-corrected chi connectivity index (χ3v) is 5.45. The number of nitrogens with zero attached hydrogens (tertiary/aromatic N) is 5. The molecule has 1 aromatic carbocycles. The average molecular weight is 393 g/mol. The first-order chi connectivity index (χ1) is 13.3. The van der Waals surface area contributed by atoms with Crippen molar-refractivity contribution < 1.29 is 0 Å². The summed E-state index contributed by atoms with van der Waals surface area (Å²) in [6.45, 7) is 0. The molecule has 8 nitrogen and oxygen atoms in total. The highest BCUT2D eigenvalue weighted by Gasteiger charge is 2.14. The SMILES string of the molecule is O=c1[nH]c(Sc2n[nH]c(-c3cccs3)n2)nc2c1cnn2-c1ccccc1. The number of aromatic nitrogens is 7. The van der Waals surface area contributed by atoms with Crippen LogP contribution in [0.1, 0.15) is 0 Å². The van der Waals surface area contributed by atoms with Crippen LogP contribution >= 0.6 is 23.1 Å². The van der Waals surface area contributed by atoms with Gasteiger partial charge in [-0.2, -0.15) is 5.10 Å². The predicted octanol–water partition coefficient (Wildman–Crippen LogP) is 3.11. The molecule has 4 heterocycles. The van der Waals surface area contributed by atoms with Crippen molar-refractivity contribution in [1.29, 1.82) is 0 Å². The minimum absolute atomic E-state index is 0.251. The molecule has 0 aliphatic heterocycles. The molecule has 0 amide bonds. The second kappa shape index (κ2) is 6.49. The number of rotatable bonds is 4. The quantitative estimate of drug-likeness (QED) is 0.455. The zero-order valence-corrected chi connectivity index (χ0v) is 15.3. The summed E-state index contributed by atoms with van der Waals surface area (Å²) in [5, 5.41) is 14.7. The standard InChI is InChI=1S/C17H11N7OS2/c25-15-11-9-18-24(10-5-2-1-3-6-10)14(11)20-16(21-15)27-17-19-13(22-23-17)12-7-4-8-26-12/h1-9H,(H,19,22,23)(H,20,21,25). The van der Waals surface area contributed by atoms with E-state index in [4.69, 9.17) is 0 Å². The monoisotopic (exact) mass is 393 g/mol. The summed E-state index contributed by atoms with van der Waals surface area (Å²) in [4.78, 5) is 25.2. The molecule has 5 rings (SSSR count). The lowest BCUT2D eigenvalue weighted by molar-refractivity contribution is 0.869. The van der Waals surface area contributed by atoms with Crippen LogP contribution in [0.2, 0.25) is 0 Å². The number of fused-ring (bicyclic) bond motifs is 1.